The van der Waals surface area contributed by atoms with Gasteiger partial charge in [-0.05, 0) is 43.0 Å². The SMILES string of the molecule is CCC(C(=O)NC1CCCCC1)N(Cc1ccccc1Cl)C(=O)CN(c1cccc(Cl)c1Cl)S(C)(=O)=O. The number of nitrogens with zero attached hydrogens (tertiary/aromatic N) is 2. The third kappa shape index (κ3) is 7.76. The Hall–Kier alpha value is -2.00. The summed E-state index contributed by atoms with van der Waals surface area (Å²) < 4.78 is 26.4. The molecule has 0 aromatic heterocycles. The van der Waals surface area contributed by atoms with Gasteiger partial charge in [0.2, 0.25) is 21.8 Å². The van der Waals surface area contributed by atoms with Gasteiger partial charge in [-0.3, -0.25) is 13.9 Å². The minimum atomic E-state index is -3.93. The number of amides is 2. The first-order valence-electron chi connectivity index (χ1n) is 12.3. The fraction of sp³-hybridized carbons (Fsp3) is 0.462. The Morgan fingerprint density at radius 2 is 1.65 bits per heavy atom. The molecular weight excluding hydrogens is 557 g/mol. The third-order valence-corrected chi connectivity index (χ3v) is 8.82. The van der Waals surface area contributed by atoms with Crippen molar-refractivity contribution in [3.8, 4) is 0 Å². The summed E-state index contributed by atoms with van der Waals surface area (Å²) in [5.74, 6) is -0.825. The number of halogens is 3. The first-order chi connectivity index (χ1) is 17.5. The second-order valence-corrected chi connectivity index (χ2v) is 12.3. The molecular formula is C26H32Cl3N3O4S. The van der Waals surface area contributed by atoms with E-state index in [4.69, 9.17) is 34.8 Å². The number of carbonyl (C=O) groups excluding carboxylic acids is 2. The van der Waals surface area contributed by atoms with E-state index in [0.717, 1.165) is 42.7 Å². The Morgan fingerprint density at radius 1 is 1.00 bits per heavy atom. The smallest absolute Gasteiger partial charge is 0.244 e. The Labute approximate surface area is 234 Å². The van der Waals surface area contributed by atoms with Gasteiger partial charge in [-0.2, -0.15) is 0 Å². The Kier molecular flexibility index (Phi) is 10.5. The van der Waals surface area contributed by atoms with Crippen molar-refractivity contribution < 1.29 is 18.0 Å². The Bertz CT molecular complexity index is 1220. The highest BCUT2D eigenvalue weighted by atomic mass is 35.5. The zero-order valence-corrected chi connectivity index (χ0v) is 24.0. The quantitative estimate of drug-likeness (QED) is 0.388. The van der Waals surface area contributed by atoms with Crippen LogP contribution in [0, 0.1) is 0 Å². The number of rotatable bonds is 10. The summed E-state index contributed by atoms with van der Waals surface area (Å²) in [7, 11) is -3.93. The van der Waals surface area contributed by atoms with Crippen LogP contribution in [0.3, 0.4) is 0 Å². The largest absolute Gasteiger partial charge is 0.352 e. The molecule has 1 N–H and O–H groups in total. The molecule has 11 heteroatoms. The summed E-state index contributed by atoms with van der Waals surface area (Å²) in [6, 6.07) is 10.9. The number of nitrogens with one attached hydrogen (secondary N) is 1. The molecule has 1 atom stereocenters. The van der Waals surface area contributed by atoms with Crippen LogP contribution in [0.5, 0.6) is 0 Å². The van der Waals surface area contributed by atoms with Gasteiger partial charge in [-0.1, -0.05) is 85.3 Å². The van der Waals surface area contributed by atoms with E-state index in [2.05, 4.69) is 5.32 Å². The number of sulfonamides is 1. The topological polar surface area (TPSA) is 86.8 Å². The molecule has 0 aliphatic heterocycles. The van der Waals surface area contributed by atoms with Gasteiger partial charge in [-0.25, -0.2) is 8.42 Å². The summed E-state index contributed by atoms with van der Waals surface area (Å²) in [6.45, 7) is 1.30. The van der Waals surface area contributed by atoms with E-state index in [9.17, 15) is 18.0 Å². The van der Waals surface area contributed by atoms with Crippen molar-refractivity contribution >= 4 is 62.3 Å². The summed E-state index contributed by atoms with van der Waals surface area (Å²) >= 11 is 18.8. The molecule has 0 saturated heterocycles. The summed E-state index contributed by atoms with van der Waals surface area (Å²) in [6.07, 6.45) is 6.37. The molecule has 0 spiro atoms. The van der Waals surface area contributed by atoms with Crippen molar-refractivity contribution in [1.29, 1.82) is 0 Å². The highest BCUT2D eigenvalue weighted by Gasteiger charge is 2.33. The fourth-order valence-electron chi connectivity index (χ4n) is 4.55. The van der Waals surface area contributed by atoms with Gasteiger partial charge < -0.3 is 10.2 Å². The van der Waals surface area contributed by atoms with E-state index in [1.165, 1.54) is 17.0 Å². The van der Waals surface area contributed by atoms with Crippen molar-refractivity contribution in [3.05, 3.63) is 63.1 Å². The number of carbonyl (C=O) groups is 2. The lowest BCUT2D eigenvalue weighted by molar-refractivity contribution is -0.140. The average molecular weight is 589 g/mol. The molecule has 1 unspecified atom stereocenters. The molecule has 1 aliphatic carbocycles. The second kappa shape index (κ2) is 13.2. The van der Waals surface area contributed by atoms with Gasteiger partial charge in [0, 0.05) is 17.6 Å². The molecule has 1 aliphatic rings. The summed E-state index contributed by atoms with van der Waals surface area (Å²) in [4.78, 5) is 28.6. The van der Waals surface area contributed by atoms with Gasteiger partial charge in [-0.15, -0.1) is 0 Å². The molecule has 3 rings (SSSR count). The first-order valence-corrected chi connectivity index (χ1v) is 15.3. The second-order valence-electron chi connectivity index (χ2n) is 9.22. The maximum atomic E-state index is 13.8. The van der Waals surface area contributed by atoms with Crippen LogP contribution in [0.1, 0.15) is 51.0 Å². The maximum absolute atomic E-state index is 13.8. The van der Waals surface area contributed by atoms with Crippen LogP contribution in [-0.4, -0.2) is 50.0 Å². The van der Waals surface area contributed by atoms with Crippen molar-refractivity contribution in [3.63, 3.8) is 0 Å². The van der Waals surface area contributed by atoms with Gasteiger partial charge in [0.1, 0.15) is 12.6 Å². The van der Waals surface area contributed by atoms with Crippen LogP contribution < -0.4 is 9.62 Å². The van der Waals surface area contributed by atoms with Crippen LogP contribution in [-0.2, 0) is 26.2 Å². The van der Waals surface area contributed by atoms with Crippen molar-refractivity contribution in [1.82, 2.24) is 10.2 Å². The van der Waals surface area contributed by atoms with Gasteiger partial charge >= 0.3 is 0 Å². The lowest BCUT2D eigenvalue weighted by Gasteiger charge is -2.34. The van der Waals surface area contributed by atoms with Crippen LogP contribution in [0.15, 0.2) is 42.5 Å². The molecule has 1 saturated carbocycles. The molecule has 2 aromatic rings. The van der Waals surface area contributed by atoms with E-state index >= 15 is 0 Å². The number of hydrogen-bond acceptors (Lipinski definition) is 4. The van der Waals surface area contributed by atoms with Crippen molar-refractivity contribution in [2.75, 3.05) is 17.1 Å². The van der Waals surface area contributed by atoms with E-state index in [-0.39, 0.29) is 34.2 Å². The number of benzene rings is 2. The molecule has 0 bridgehead atoms. The molecule has 0 radical (unpaired) electrons. The Balaban J connectivity index is 1.95. The normalized spacial score (nSPS) is 15.2. The maximum Gasteiger partial charge on any atom is 0.244 e. The molecule has 37 heavy (non-hydrogen) atoms. The van der Waals surface area contributed by atoms with Crippen LogP contribution in [0.4, 0.5) is 5.69 Å². The zero-order valence-electron chi connectivity index (χ0n) is 20.9. The highest BCUT2D eigenvalue weighted by molar-refractivity contribution is 7.92. The Morgan fingerprint density at radius 3 is 2.27 bits per heavy atom. The molecule has 7 nitrogen and oxygen atoms in total. The molecule has 2 amide bonds. The summed E-state index contributed by atoms with van der Waals surface area (Å²) in [5.41, 5.74) is 0.732. The van der Waals surface area contributed by atoms with E-state index < -0.39 is 28.5 Å². The predicted octanol–water partition coefficient (Wildman–Crippen LogP) is 5.67. The predicted molar refractivity (Wildman–Crippen MR) is 150 cm³/mol. The molecule has 202 valence electrons. The average Bonchev–Trinajstić information content (AvgIpc) is 2.85. The van der Waals surface area contributed by atoms with E-state index in [1.807, 2.05) is 6.92 Å². The van der Waals surface area contributed by atoms with Crippen LogP contribution >= 0.6 is 34.8 Å². The lowest BCUT2D eigenvalue weighted by atomic mass is 9.95. The third-order valence-electron chi connectivity index (χ3n) is 6.52. The van der Waals surface area contributed by atoms with Crippen molar-refractivity contribution in [2.45, 2.75) is 64.1 Å². The zero-order chi connectivity index (χ0) is 27.2. The van der Waals surface area contributed by atoms with E-state index in [0.29, 0.717) is 17.0 Å². The van der Waals surface area contributed by atoms with Crippen LogP contribution in [0.2, 0.25) is 15.1 Å². The first kappa shape index (κ1) is 29.6. The molecule has 1 fully saturated rings. The minimum absolute atomic E-state index is 0.0159. The van der Waals surface area contributed by atoms with Gasteiger partial charge in [0.05, 0.1) is 22.0 Å². The fourth-order valence-corrected chi connectivity index (χ4v) is 6.05. The minimum Gasteiger partial charge on any atom is -0.352 e. The summed E-state index contributed by atoms with van der Waals surface area (Å²) in [5, 5.41) is 3.72. The van der Waals surface area contributed by atoms with Gasteiger partial charge in [0.15, 0.2) is 0 Å². The standard InChI is InChI=1S/C26H32Cl3N3O4S/c1-3-22(26(34)30-19-11-5-4-6-12-19)31(16-18-10-7-8-13-20(18)27)24(33)17-32(37(2,35)36)23-15-9-14-21(28)25(23)29/h7-10,13-15,19,22H,3-6,11-12,16-17H2,1-2H3,(H,30,34). The van der Waals surface area contributed by atoms with Crippen LogP contribution in [0.25, 0.3) is 0 Å². The number of anilines is 1. The van der Waals surface area contributed by atoms with Crippen molar-refractivity contribution in [2.24, 2.45) is 0 Å². The lowest BCUT2D eigenvalue weighted by Crippen LogP contribution is -2.54. The van der Waals surface area contributed by atoms with E-state index in [1.54, 1.807) is 30.3 Å². The molecule has 0 heterocycles. The molecule has 2 aromatic carbocycles. The number of hydrogen-bond donors (Lipinski definition) is 1. The monoisotopic (exact) mass is 587 g/mol. The highest BCUT2D eigenvalue weighted by Crippen LogP contribution is 2.34. The van der Waals surface area contributed by atoms with Gasteiger partial charge in [0.25, 0.3) is 0 Å².